The van der Waals surface area contributed by atoms with Gasteiger partial charge in [-0.15, -0.1) is 0 Å². The van der Waals surface area contributed by atoms with Gasteiger partial charge in [0.15, 0.2) is 11.5 Å². The van der Waals surface area contributed by atoms with Gasteiger partial charge in [0.1, 0.15) is 18.1 Å². The number of ether oxygens (including phenoxy) is 3. The van der Waals surface area contributed by atoms with Gasteiger partial charge in [0.05, 0.1) is 32.1 Å². The zero-order valence-electron chi connectivity index (χ0n) is 18.0. The Kier molecular flexibility index (Phi) is 6.70. The van der Waals surface area contributed by atoms with Gasteiger partial charge in [0.25, 0.3) is 0 Å². The van der Waals surface area contributed by atoms with Crippen molar-refractivity contribution in [3.63, 3.8) is 0 Å². The van der Waals surface area contributed by atoms with Gasteiger partial charge in [0, 0.05) is 38.8 Å². The third kappa shape index (κ3) is 5.14. The highest BCUT2D eigenvalue weighted by Gasteiger charge is 2.22. The first kappa shape index (κ1) is 21.0. The van der Waals surface area contributed by atoms with Crippen molar-refractivity contribution in [2.75, 3.05) is 76.1 Å². The third-order valence-electron chi connectivity index (χ3n) is 5.73. The predicted octanol–water partition coefficient (Wildman–Crippen LogP) is 0.560. The molecular formula is C20H28N8O4. The predicted molar refractivity (Wildman–Crippen MR) is 115 cm³/mol. The fourth-order valence-corrected chi connectivity index (χ4v) is 3.94. The first-order valence-electron chi connectivity index (χ1n) is 11.1. The van der Waals surface area contributed by atoms with Crippen molar-refractivity contribution in [3.05, 3.63) is 17.5 Å². The normalized spacial score (nSPS) is 20.9. The van der Waals surface area contributed by atoms with Crippen LogP contribution in [0, 0.1) is 0 Å². The Labute approximate surface area is 185 Å². The van der Waals surface area contributed by atoms with E-state index < -0.39 is 0 Å². The standard InChI is InChI=1S/C20H28N8O4/c1-2-15(19-16(3-1)25-32-26-19)23-24-17-14-18(28-7-11-30-12-8-28)22-20(21-17)31-13-6-27-4-9-29-10-5-27/h14H,1-13H2,(H,21,22,24)/b23-15+. The summed E-state index contributed by atoms with van der Waals surface area (Å²) in [5.74, 6) is 1.36. The molecule has 4 heterocycles. The molecule has 12 heteroatoms. The second kappa shape index (κ2) is 10.2. The number of hydrogen-bond donors (Lipinski definition) is 1. The van der Waals surface area contributed by atoms with E-state index in [2.05, 4.69) is 40.6 Å². The molecule has 0 unspecified atom stereocenters. The van der Waals surface area contributed by atoms with Gasteiger partial charge in [-0.3, -0.25) is 10.3 Å². The van der Waals surface area contributed by atoms with Gasteiger partial charge < -0.3 is 19.1 Å². The van der Waals surface area contributed by atoms with Crippen molar-refractivity contribution in [3.8, 4) is 6.01 Å². The van der Waals surface area contributed by atoms with E-state index in [0.29, 0.717) is 37.3 Å². The van der Waals surface area contributed by atoms with Crippen molar-refractivity contribution < 1.29 is 18.8 Å². The van der Waals surface area contributed by atoms with E-state index in [4.69, 9.17) is 18.8 Å². The van der Waals surface area contributed by atoms with Gasteiger partial charge in [0.2, 0.25) is 0 Å². The molecule has 0 amide bonds. The molecule has 2 aromatic heterocycles. The maximum Gasteiger partial charge on any atom is 0.320 e. The molecule has 0 saturated carbocycles. The summed E-state index contributed by atoms with van der Waals surface area (Å²) in [6.07, 6.45) is 2.62. The van der Waals surface area contributed by atoms with E-state index in [0.717, 1.165) is 82.4 Å². The lowest BCUT2D eigenvalue weighted by atomic mass is 9.99. The number of nitrogens with zero attached hydrogens (tertiary/aromatic N) is 7. The van der Waals surface area contributed by atoms with Crippen LogP contribution >= 0.6 is 0 Å². The van der Waals surface area contributed by atoms with E-state index in [-0.39, 0.29) is 0 Å². The van der Waals surface area contributed by atoms with E-state index >= 15 is 0 Å². The van der Waals surface area contributed by atoms with Gasteiger partial charge in [-0.2, -0.15) is 15.1 Å². The smallest absolute Gasteiger partial charge is 0.320 e. The minimum absolute atomic E-state index is 0.331. The topological polar surface area (TPSA) is 123 Å². The lowest BCUT2D eigenvalue weighted by Gasteiger charge is -2.28. The Morgan fingerprint density at radius 2 is 1.81 bits per heavy atom. The van der Waals surface area contributed by atoms with Crippen LogP contribution in [0.5, 0.6) is 6.01 Å². The molecule has 3 aliphatic rings. The van der Waals surface area contributed by atoms with Crippen LogP contribution in [0.15, 0.2) is 15.8 Å². The van der Waals surface area contributed by atoms with Crippen molar-refractivity contribution in [1.29, 1.82) is 0 Å². The highest BCUT2D eigenvalue weighted by atomic mass is 16.6. The number of hydrogen-bond acceptors (Lipinski definition) is 12. The molecule has 1 aliphatic carbocycles. The zero-order chi connectivity index (χ0) is 21.6. The molecule has 2 fully saturated rings. The van der Waals surface area contributed by atoms with Gasteiger partial charge in [-0.05, 0) is 24.4 Å². The number of fused-ring (bicyclic) bond motifs is 1. The average molecular weight is 444 g/mol. The second-order valence-electron chi connectivity index (χ2n) is 7.88. The zero-order valence-corrected chi connectivity index (χ0v) is 18.0. The summed E-state index contributed by atoms with van der Waals surface area (Å²) < 4.78 is 21.7. The number of anilines is 2. The van der Waals surface area contributed by atoms with Crippen molar-refractivity contribution in [1.82, 2.24) is 25.2 Å². The van der Waals surface area contributed by atoms with Crippen LogP contribution in [0.2, 0.25) is 0 Å². The molecule has 0 spiro atoms. The van der Waals surface area contributed by atoms with Crippen LogP contribution in [0.25, 0.3) is 0 Å². The summed E-state index contributed by atoms with van der Waals surface area (Å²) in [5.41, 5.74) is 5.44. The number of aromatic nitrogens is 4. The largest absolute Gasteiger partial charge is 0.462 e. The SMILES string of the molecule is c1c(N/N=C2\CCCc3nonc32)nc(OCCN2CCOCC2)nc1N1CCOCC1. The summed E-state index contributed by atoms with van der Waals surface area (Å²) in [5, 5.41) is 12.5. The van der Waals surface area contributed by atoms with Crippen LogP contribution in [0.4, 0.5) is 11.6 Å². The molecule has 2 aromatic rings. The maximum absolute atomic E-state index is 5.93. The number of nitrogens with one attached hydrogen (secondary N) is 1. The van der Waals surface area contributed by atoms with Crippen molar-refractivity contribution >= 4 is 17.3 Å². The van der Waals surface area contributed by atoms with E-state index in [1.54, 1.807) is 0 Å². The Hall–Kier alpha value is -2.83. The summed E-state index contributed by atoms with van der Waals surface area (Å²) in [6.45, 7) is 7.56. The number of hydrazone groups is 1. The number of rotatable bonds is 7. The first-order valence-corrected chi connectivity index (χ1v) is 11.1. The highest BCUT2D eigenvalue weighted by Crippen LogP contribution is 2.22. The van der Waals surface area contributed by atoms with Crippen molar-refractivity contribution in [2.24, 2.45) is 5.10 Å². The van der Waals surface area contributed by atoms with Gasteiger partial charge in [-0.25, -0.2) is 4.63 Å². The minimum atomic E-state index is 0.331. The quantitative estimate of drug-likeness (QED) is 0.603. The molecule has 0 atom stereocenters. The molecular weight excluding hydrogens is 416 g/mol. The second-order valence-corrected chi connectivity index (χ2v) is 7.88. The van der Waals surface area contributed by atoms with Crippen LogP contribution in [-0.4, -0.2) is 96.7 Å². The number of aryl methyl sites for hydroxylation is 1. The molecule has 2 saturated heterocycles. The average Bonchev–Trinajstić information content (AvgIpc) is 3.34. The Morgan fingerprint density at radius 1 is 1.00 bits per heavy atom. The van der Waals surface area contributed by atoms with E-state index in [1.807, 2.05) is 6.07 Å². The molecule has 1 N–H and O–H groups in total. The molecule has 0 bridgehead atoms. The summed E-state index contributed by atoms with van der Waals surface area (Å²) in [4.78, 5) is 13.6. The molecule has 0 radical (unpaired) electrons. The van der Waals surface area contributed by atoms with Crippen LogP contribution in [-0.2, 0) is 15.9 Å². The fourth-order valence-electron chi connectivity index (χ4n) is 3.94. The van der Waals surface area contributed by atoms with Gasteiger partial charge in [-0.1, -0.05) is 5.16 Å². The van der Waals surface area contributed by atoms with Crippen molar-refractivity contribution in [2.45, 2.75) is 19.3 Å². The summed E-state index contributed by atoms with van der Waals surface area (Å²) in [6, 6.07) is 2.21. The third-order valence-corrected chi connectivity index (χ3v) is 5.73. The highest BCUT2D eigenvalue weighted by molar-refractivity contribution is 6.00. The molecule has 12 nitrogen and oxygen atoms in total. The maximum atomic E-state index is 5.93. The molecule has 32 heavy (non-hydrogen) atoms. The molecule has 0 aromatic carbocycles. The molecule has 2 aliphatic heterocycles. The van der Waals surface area contributed by atoms with E-state index in [9.17, 15) is 0 Å². The first-order chi connectivity index (χ1) is 15.8. The Morgan fingerprint density at radius 3 is 2.66 bits per heavy atom. The van der Waals surface area contributed by atoms with Crippen LogP contribution in [0.3, 0.4) is 0 Å². The monoisotopic (exact) mass is 444 g/mol. The van der Waals surface area contributed by atoms with Crippen LogP contribution in [0.1, 0.15) is 24.2 Å². The molecule has 5 rings (SSSR count). The van der Waals surface area contributed by atoms with E-state index in [1.165, 1.54) is 0 Å². The molecule has 172 valence electrons. The lowest BCUT2D eigenvalue weighted by Crippen LogP contribution is -2.39. The minimum Gasteiger partial charge on any atom is -0.462 e. The van der Waals surface area contributed by atoms with Gasteiger partial charge >= 0.3 is 6.01 Å². The summed E-state index contributed by atoms with van der Waals surface area (Å²) >= 11 is 0. The fraction of sp³-hybridized carbons (Fsp3) is 0.650. The number of morpholine rings is 2. The lowest BCUT2D eigenvalue weighted by molar-refractivity contribution is 0.0317. The Bertz CT molecular complexity index is 924. The van der Waals surface area contributed by atoms with Crippen LogP contribution < -0.4 is 15.1 Å². The summed E-state index contributed by atoms with van der Waals surface area (Å²) in [7, 11) is 0. The Balaban J connectivity index is 1.30.